The molecule has 0 radical (unpaired) electrons. The maximum atomic E-state index is 12.5. The van der Waals surface area contributed by atoms with E-state index in [4.69, 9.17) is 0 Å². The number of hydrogen-bond acceptors (Lipinski definition) is 4. The van der Waals surface area contributed by atoms with E-state index < -0.39 is 16.2 Å². The van der Waals surface area contributed by atoms with Crippen LogP contribution in [0.4, 0.5) is 13.2 Å². The molecule has 3 unspecified atom stereocenters. The van der Waals surface area contributed by atoms with Crippen molar-refractivity contribution in [3.63, 3.8) is 0 Å². The third kappa shape index (κ3) is 4.80. The van der Waals surface area contributed by atoms with Crippen molar-refractivity contribution in [3.05, 3.63) is 29.8 Å². The summed E-state index contributed by atoms with van der Waals surface area (Å²) in [6.07, 6.45) is -3.58. The number of guanidine groups is 1. The Morgan fingerprint density at radius 2 is 2.00 bits per heavy atom. The number of sulfone groups is 1. The first-order valence-electron chi connectivity index (χ1n) is 8.22. The number of halogens is 3. The SMILES string of the molecule is CN=C(NC1CCS(=O)(=O)C1)NC1CC1c1ccccc1OC(F)(F)F. The largest absolute Gasteiger partial charge is 0.573 e. The first kappa shape index (κ1) is 18.8. The van der Waals surface area contributed by atoms with E-state index in [1.165, 1.54) is 12.1 Å². The summed E-state index contributed by atoms with van der Waals surface area (Å²) in [5.41, 5.74) is 0.487. The lowest BCUT2D eigenvalue weighted by Crippen LogP contribution is -2.45. The van der Waals surface area contributed by atoms with Crippen LogP contribution in [0.1, 0.15) is 24.3 Å². The molecular formula is C16H20F3N3O3S. The summed E-state index contributed by atoms with van der Waals surface area (Å²) in [6.45, 7) is 0. The van der Waals surface area contributed by atoms with Gasteiger partial charge in [0.25, 0.3) is 0 Å². The monoisotopic (exact) mass is 391 g/mol. The molecule has 144 valence electrons. The first-order valence-corrected chi connectivity index (χ1v) is 10.0. The summed E-state index contributed by atoms with van der Waals surface area (Å²) in [5.74, 6) is 0.340. The van der Waals surface area contributed by atoms with E-state index in [0.29, 0.717) is 24.4 Å². The molecule has 1 aliphatic carbocycles. The Labute approximate surface area is 149 Å². The van der Waals surface area contributed by atoms with Crippen molar-refractivity contribution < 1.29 is 26.3 Å². The van der Waals surface area contributed by atoms with Crippen LogP contribution in [0.25, 0.3) is 0 Å². The molecule has 1 saturated heterocycles. The summed E-state index contributed by atoms with van der Waals surface area (Å²) < 4.78 is 64.8. The molecule has 1 heterocycles. The van der Waals surface area contributed by atoms with Crippen LogP contribution >= 0.6 is 0 Å². The maximum absolute atomic E-state index is 12.5. The first-order chi connectivity index (χ1) is 12.2. The number of nitrogens with one attached hydrogen (secondary N) is 2. The van der Waals surface area contributed by atoms with Gasteiger partial charge >= 0.3 is 6.36 Å². The molecule has 1 aromatic rings. The summed E-state index contributed by atoms with van der Waals surface area (Å²) in [7, 11) is -1.44. The smallest absolute Gasteiger partial charge is 0.405 e. The molecule has 1 aliphatic heterocycles. The molecular weight excluding hydrogens is 371 g/mol. The van der Waals surface area contributed by atoms with Crippen LogP contribution in [0.3, 0.4) is 0 Å². The molecule has 1 aromatic carbocycles. The summed E-state index contributed by atoms with van der Waals surface area (Å²) in [4.78, 5) is 4.08. The summed E-state index contributed by atoms with van der Waals surface area (Å²) in [5, 5.41) is 6.21. The second-order valence-corrected chi connectivity index (χ2v) is 8.72. The van der Waals surface area contributed by atoms with Gasteiger partial charge in [-0.1, -0.05) is 18.2 Å². The molecule has 1 saturated carbocycles. The van der Waals surface area contributed by atoms with E-state index in [1.54, 1.807) is 19.2 Å². The molecule has 26 heavy (non-hydrogen) atoms. The molecule has 0 amide bonds. The zero-order chi connectivity index (χ0) is 18.9. The molecule has 0 spiro atoms. The molecule has 3 rings (SSSR count). The standard InChI is InChI=1S/C16H20F3N3O3S/c1-20-15(21-10-6-7-26(23,24)9-10)22-13-8-12(13)11-4-2-3-5-14(11)25-16(17,18)19/h2-5,10,12-13H,6-9H2,1H3,(H2,20,21,22). The van der Waals surface area contributed by atoms with Gasteiger partial charge in [-0.25, -0.2) is 8.42 Å². The molecule has 0 bridgehead atoms. The fourth-order valence-electron chi connectivity index (χ4n) is 3.15. The fraction of sp³-hybridized carbons (Fsp3) is 0.562. The summed E-state index contributed by atoms with van der Waals surface area (Å²) in [6, 6.07) is 5.80. The van der Waals surface area contributed by atoms with Gasteiger partial charge in [0.05, 0.1) is 11.5 Å². The fourth-order valence-corrected chi connectivity index (χ4v) is 4.82. The van der Waals surface area contributed by atoms with Crippen molar-refractivity contribution in [2.45, 2.75) is 37.2 Å². The molecule has 6 nitrogen and oxygen atoms in total. The number of alkyl halides is 3. The number of benzene rings is 1. The lowest BCUT2D eigenvalue weighted by atomic mass is 10.1. The van der Waals surface area contributed by atoms with Gasteiger partial charge in [0.15, 0.2) is 15.8 Å². The molecule has 2 N–H and O–H groups in total. The highest BCUT2D eigenvalue weighted by atomic mass is 32.2. The van der Waals surface area contributed by atoms with Crippen LogP contribution in [0.5, 0.6) is 5.75 Å². The zero-order valence-electron chi connectivity index (χ0n) is 14.1. The van der Waals surface area contributed by atoms with E-state index in [1.807, 2.05) is 0 Å². The van der Waals surface area contributed by atoms with Gasteiger partial charge in [-0.3, -0.25) is 4.99 Å². The quantitative estimate of drug-likeness (QED) is 0.604. The van der Waals surface area contributed by atoms with Gasteiger partial charge in [-0.2, -0.15) is 0 Å². The maximum Gasteiger partial charge on any atom is 0.573 e. The van der Waals surface area contributed by atoms with E-state index in [9.17, 15) is 21.6 Å². The van der Waals surface area contributed by atoms with E-state index in [2.05, 4.69) is 20.4 Å². The van der Waals surface area contributed by atoms with E-state index in [0.717, 1.165) is 0 Å². The van der Waals surface area contributed by atoms with Crippen LogP contribution in [-0.2, 0) is 9.84 Å². The Morgan fingerprint density at radius 3 is 2.62 bits per heavy atom. The molecule has 3 atom stereocenters. The number of nitrogens with zero attached hydrogens (tertiary/aromatic N) is 1. The zero-order valence-corrected chi connectivity index (χ0v) is 14.9. The van der Waals surface area contributed by atoms with Crippen molar-refractivity contribution in [1.29, 1.82) is 0 Å². The van der Waals surface area contributed by atoms with Crippen LogP contribution in [-0.4, -0.2) is 51.4 Å². The average molecular weight is 391 g/mol. The Morgan fingerprint density at radius 1 is 1.27 bits per heavy atom. The topological polar surface area (TPSA) is 79.8 Å². The average Bonchev–Trinajstić information content (AvgIpc) is 3.21. The van der Waals surface area contributed by atoms with Crippen molar-refractivity contribution in [2.24, 2.45) is 4.99 Å². The minimum atomic E-state index is -4.74. The number of ether oxygens (including phenoxy) is 1. The number of para-hydroxylation sites is 1. The van der Waals surface area contributed by atoms with E-state index in [-0.39, 0.29) is 35.3 Å². The van der Waals surface area contributed by atoms with Crippen molar-refractivity contribution in [1.82, 2.24) is 10.6 Å². The van der Waals surface area contributed by atoms with Crippen LogP contribution in [0.2, 0.25) is 0 Å². The lowest BCUT2D eigenvalue weighted by Gasteiger charge is -2.17. The van der Waals surface area contributed by atoms with E-state index >= 15 is 0 Å². The van der Waals surface area contributed by atoms with Crippen molar-refractivity contribution >= 4 is 15.8 Å². The predicted molar refractivity (Wildman–Crippen MR) is 91.0 cm³/mol. The van der Waals surface area contributed by atoms with Crippen LogP contribution < -0.4 is 15.4 Å². The normalized spacial score (nSPS) is 27.8. The third-order valence-electron chi connectivity index (χ3n) is 4.45. The summed E-state index contributed by atoms with van der Waals surface area (Å²) >= 11 is 0. The third-order valence-corrected chi connectivity index (χ3v) is 6.22. The highest BCUT2D eigenvalue weighted by Crippen LogP contribution is 2.45. The van der Waals surface area contributed by atoms with Crippen LogP contribution in [0, 0.1) is 0 Å². The second kappa shape index (κ2) is 6.98. The molecule has 2 fully saturated rings. The Hall–Kier alpha value is -1.97. The highest BCUT2D eigenvalue weighted by molar-refractivity contribution is 7.91. The van der Waals surface area contributed by atoms with Gasteiger partial charge in [0.2, 0.25) is 0 Å². The van der Waals surface area contributed by atoms with Crippen molar-refractivity contribution in [3.8, 4) is 5.75 Å². The molecule has 0 aromatic heterocycles. The predicted octanol–water partition coefficient (Wildman–Crippen LogP) is 1.79. The number of aliphatic imine (C=N–C) groups is 1. The number of hydrogen-bond donors (Lipinski definition) is 2. The Kier molecular flexibility index (Phi) is 5.05. The lowest BCUT2D eigenvalue weighted by molar-refractivity contribution is -0.274. The highest BCUT2D eigenvalue weighted by Gasteiger charge is 2.42. The van der Waals surface area contributed by atoms with Gasteiger partial charge in [0.1, 0.15) is 5.75 Å². The Balaban J connectivity index is 1.60. The molecule has 2 aliphatic rings. The van der Waals surface area contributed by atoms with Gasteiger partial charge < -0.3 is 15.4 Å². The van der Waals surface area contributed by atoms with Crippen molar-refractivity contribution in [2.75, 3.05) is 18.6 Å². The van der Waals surface area contributed by atoms with Gasteiger partial charge in [-0.15, -0.1) is 13.2 Å². The Bertz CT molecular complexity index is 795. The number of rotatable bonds is 4. The van der Waals surface area contributed by atoms with Gasteiger partial charge in [0, 0.05) is 25.0 Å². The second-order valence-electron chi connectivity index (χ2n) is 6.50. The van der Waals surface area contributed by atoms with Gasteiger partial charge in [-0.05, 0) is 24.5 Å². The van der Waals surface area contributed by atoms with Crippen LogP contribution in [0.15, 0.2) is 29.3 Å². The minimum Gasteiger partial charge on any atom is -0.405 e. The molecule has 10 heteroatoms. The minimum absolute atomic E-state index is 0.0596.